The molecular formula is C18H30O6. The van der Waals surface area contributed by atoms with E-state index in [0.717, 1.165) is 19.3 Å². The molecule has 6 nitrogen and oxygen atoms in total. The third kappa shape index (κ3) is 8.06. The van der Waals surface area contributed by atoms with Crippen molar-refractivity contribution in [2.45, 2.75) is 76.5 Å². The molecule has 1 rings (SSSR count). The molecule has 0 aromatic carbocycles. The second kappa shape index (κ2) is 11.4. The Morgan fingerprint density at radius 2 is 2.04 bits per heavy atom. The van der Waals surface area contributed by atoms with E-state index < -0.39 is 30.6 Å². The number of unbranched alkanes of at least 4 members (excludes halogenated alkanes) is 2. The van der Waals surface area contributed by atoms with Gasteiger partial charge in [-0.3, -0.25) is 4.79 Å². The average Bonchev–Trinajstić information content (AvgIpc) is 2.51. The van der Waals surface area contributed by atoms with Crippen LogP contribution in [-0.4, -0.2) is 51.0 Å². The Morgan fingerprint density at radius 3 is 2.71 bits per heavy atom. The van der Waals surface area contributed by atoms with E-state index in [1.165, 1.54) is 0 Å². The number of aliphatic hydroxyl groups excluding tert-OH is 3. The Labute approximate surface area is 143 Å². The molecule has 1 heterocycles. The molecule has 0 unspecified atom stereocenters. The van der Waals surface area contributed by atoms with Crippen molar-refractivity contribution in [1.29, 1.82) is 0 Å². The van der Waals surface area contributed by atoms with Crippen LogP contribution in [0.3, 0.4) is 0 Å². The van der Waals surface area contributed by atoms with Crippen LogP contribution in [0, 0.1) is 5.92 Å². The molecule has 5 atom stereocenters. The standard InChI is InChI=1S/C18H30O6/c1-2-3-4-7-13(19)10-11-16-14(8-5-6-9-17(21)22)15(20)12-18(23)24-16/h5-6,10-11,13-16,18-20,23H,2-4,7-9,12H2,1H3,(H,21,22)/b6-5-,11-10+/t13-,14+,15-,16-,18-/m1/s1. The molecule has 0 radical (unpaired) electrons. The minimum atomic E-state index is -1.04. The van der Waals surface area contributed by atoms with E-state index in [1.54, 1.807) is 24.3 Å². The van der Waals surface area contributed by atoms with Gasteiger partial charge < -0.3 is 25.2 Å². The third-order valence-electron chi connectivity index (χ3n) is 4.17. The lowest BCUT2D eigenvalue weighted by Crippen LogP contribution is -2.43. The van der Waals surface area contributed by atoms with Crippen molar-refractivity contribution in [1.82, 2.24) is 0 Å². The molecule has 0 aromatic heterocycles. The van der Waals surface area contributed by atoms with Gasteiger partial charge in [-0.05, 0) is 12.8 Å². The first-order valence-corrected chi connectivity index (χ1v) is 8.68. The molecule has 0 aromatic rings. The zero-order valence-electron chi connectivity index (χ0n) is 14.3. The van der Waals surface area contributed by atoms with Gasteiger partial charge in [0, 0.05) is 12.3 Å². The number of ether oxygens (including phenoxy) is 1. The normalized spacial score (nSPS) is 29.3. The molecule has 1 aliphatic rings. The van der Waals surface area contributed by atoms with Crippen molar-refractivity contribution in [2.24, 2.45) is 5.92 Å². The van der Waals surface area contributed by atoms with Crippen LogP contribution in [0.2, 0.25) is 0 Å². The van der Waals surface area contributed by atoms with E-state index in [2.05, 4.69) is 6.92 Å². The number of hydrogen-bond donors (Lipinski definition) is 4. The number of carboxylic acid groups (broad SMARTS) is 1. The molecule has 0 bridgehead atoms. The van der Waals surface area contributed by atoms with Gasteiger partial charge >= 0.3 is 5.97 Å². The zero-order chi connectivity index (χ0) is 17.9. The number of aliphatic hydroxyl groups is 3. The lowest BCUT2D eigenvalue weighted by atomic mass is 9.87. The van der Waals surface area contributed by atoms with E-state index in [9.17, 15) is 20.1 Å². The van der Waals surface area contributed by atoms with E-state index in [-0.39, 0.29) is 18.8 Å². The average molecular weight is 342 g/mol. The van der Waals surface area contributed by atoms with Gasteiger partial charge in [-0.2, -0.15) is 0 Å². The van der Waals surface area contributed by atoms with E-state index >= 15 is 0 Å². The first-order valence-electron chi connectivity index (χ1n) is 8.68. The molecule has 24 heavy (non-hydrogen) atoms. The molecule has 6 heteroatoms. The smallest absolute Gasteiger partial charge is 0.307 e. The predicted molar refractivity (Wildman–Crippen MR) is 90.3 cm³/mol. The molecule has 138 valence electrons. The maximum Gasteiger partial charge on any atom is 0.307 e. The summed E-state index contributed by atoms with van der Waals surface area (Å²) >= 11 is 0. The summed E-state index contributed by atoms with van der Waals surface area (Å²) < 4.78 is 5.47. The number of carboxylic acids is 1. The Hall–Kier alpha value is -1.21. The number of rotatable bonds is 10. The van der Waals surface area contributed by atoms with Crippen LogP contribution in [0.1, 0.15) is 51.9 Å². The molecule has 1 fully saturated rings. The Balaban J connectivity index is 2.60. The van der Waals surface area contributed by atoms with Crippen LogP contribution < -0.4 is 0 Å². The monoisotopic (exact) mass is 342 g/mol. The van der Waals surface area contributed by atoms with Gasteiger partial charge in [-0.25, -0.2) is 0 Å². The van der Waals surface area contributed by atoms with E-state index in [4.69, 9.17) is 9.84 Å². The number of carbonyl (C=O) groups is 1. The van der Waals surface area contributed by atoms with Crippen molar-refractivity contribution in [2.75, 3.05) is 0 Å². The van der Waals surface area contributed by atoms with Crippen LogP contribution >= 0.6 is 0 Å². The first kappa shape index (κ1) is 20.8. The maximum absolute atomic E-state index is 10.5. The Kier molecular flexibility index (Phi) is 9.86. The van der Waals surface area contributed by atoms with E-state index in [1.807, 2.05) is 0 Å². The summed E-state index contributed by atoms with van der Waals surface area (Å²) in [4.78, 5) is 10.5. The summed E-state index contributed by atoms with van der Waals surface area (Å²) in [5, 5.41) is 38.4. The SMILES string of the molecule is CCCCC[C@@H](O)/C=C/[C@H]1O[C@@H](O)C[C@@H](O)[C@@H]1C/C=C\CC(=O)O. The minimum absolute atomic E-state index is 0.0665. The number of hydrogen-bond acceptors (Lipinski definition) is 5. The Bertz CT molecular complexity index is 420. The van der Waals surface area contributed by atoms with Crippen molar-refractivity contribution in [3.05, 3.63) is 24.3 Å². The molecule has 1 saturated heterocycles. The van der Waals surface area contributed by atoms with Gasteiger partial charge in [0.25, 0.3) is 0 Å². The molecule has 0 spiro atoms. The number of allylic oxidation sites excluding steroid dienone is 1. The highest BCUT2D eigenvalue weighted by Crippen LogP contribution is 2.29. The van der Waals surface area contributed by atoms with Gasteiger partial charge in [0.05, 0.1) is 24.7 Å². The summed E-state index contributed by atoms with van der Waals surface area (Å²) in [6.07, 6.45) is 8.01. The summed E-state index contributed by atoms with van der Waals surface area (Å²) in [5.74, 6) is -1.19. The fraction of sp³-hybridized carbons (Fsp3) is 0.722. The second-order valence-electron chi connectivity index (χ2n) is 6.28. The molecule has 0 aliphatic carbocycles. The van der Waals surface area contributed by atoms with Gasteiger partial charge in [-0.1, -0.05) is 50.5 Å². The fourth-order valence-electron chi connectivity index (χ4n) is 2.79. The lowest BCUT2D eigenvalue weighted by molar-refractivity contribution is -0.199. The fourth-order valence-corrected chi connectivity index (χ4v) is 2.79. The Morgan fingerprint density at radius 1 is 1.29 bits per heavy atom. The van der Waals surface area contributed by atoms with Crippen LogP contribution in [-0.2, 0) is 9.53 Å². The van der Waals surface area contributed by atoms with Gasteiger partial charge in [0.2, 0.25) is 0 Å². The minimum Gasteiger partial charge on any atom is -0.481 e. The van der Waals surface area contributed by atoms with Crippen molar-refractivity contribution >= 4 is 5.97 Å². The highest BCUT2D eigenvalue weighted by atomic mass is 16.6. The summed E-state index contributed by atoms with van der Waals surface area (Å²) in [5.41, 5.74) is 0. The maximum atomic E-state index is 10.5. The quantitative estimate of drug-likeness (QED) is 0.357. The molecule has 4 N–H and O–H groups in total. The van der Waals surface area contributed by atoms with Gasteiger partial charge in [0.1, 0.15) is 0 Å². The largest absolute Gasteiger partial charge is 0.481 e. The van der Waals surface area contributed by atoms with Crippen molar-refractivity contribution < 1.29 is 30.0 Å². The predicted octanol–water partition coefficient (Wildman–Crippen LogP) is 1.99. The third-order valence-corrected chi connectivity index (χ3v) is 4.17. The second-order valence-corrected chi connectivity index (χ2v) is 6.28. The summed E-state index contributed by atoms with van der Waals surface area (Å²) in [6, 6.07) is 0. The highest BCUT2D eigenvalue weighted by molar-refractivity contribution is 5.68. The molecule has 0 amide bonds. The van der Waals surface area contributed by atoms with Crippen LogP contribution in [0.15, 0.2) is 24.3 Å². The zero-order valence-corrected chi connectivity index (χ0v) is 14.3. The topological polar surface area (TPSA) is 107 Å². The van der Waals surface area contributed by atoms with Crippen LogP contribution in [0.5, 0.6) is 0 Å². The molecule has 0 saturated carbocycles. The number of aliphatic carboxylic acids is 1. The lowest BCUT2D eigenvalue weighted by Gasteiger charge is -2.36. The summed E-state index contributed by atoms with van der Waals surface area (Å²) in [7, 11) is 0. The van der Waals surface area contributed by atoms with E-state index in [0.29, 0.717) is 12.8 Å². The van der Waals surface area contributed by atoms with Gasteiger partial charge in [-0.15, -0.1) is 0 Å². The van der Waals surface area contributed by atoms with Crippen molar-refractivity contribution in [3.63, 3.8) is 0 Å². The molecule has 1 aliphatic heterocycles. The summed E-state index contributed by atoms with van der Waals surface area (Å²) in [6.45, 7) is 2.10. The van der Waals surface area contributed by atoms with Crippen LogP contribution in [0.25, 0.3) is 0 Å². The van der Waals surface area contributed by atoms with Gasteiger partial charge in [0.15, 0.2) is 6.29 Å². The first-order chi connectivity index (χ1) is 11.4. The van der Waals surface area contributed by atoms with Crippen molar-refractivity contribution in [3.8, 4) is 0 Å². The molecular weight excluding hydrogens is 312 g/mol. The van der Waals surface area contributed by atoms with Crippen LogP contribution in [0.4, 0.5) is 0 Å². The highest BCUT2D eigenvalue weighted by Gasteiger charge is 2.35.